The monoisotopic (exact) mass is 375 g/mol. The maximum atomic E-state index is 12.8. The van der Waals surface area contributed by atoms with E-state index in [-0.39, 0.29) is 0 Å². The number of nitrogens with zero attached hydrogens (tertiary/aromatic N) is 1. The Morgan fingerprint density at radius 2 is 1.89 bits per heavy atom. The lowest BCUT2D eigenvalue weighted by molar-refractivity contribution is -0.156. The van der Waals surface area contributed by atoms with Gasteiger partial charge in [-0.25, -0.2) is 4.79 Å². The van der Waals surface area contributed by atoms with Gasteiger partial charge in [0.15, 0.2) is 6.10 Å². The van der Waals surface area contributed by atoms with Crippen molar-refractivity contribution in [1.29, 1.82) is 0 Å². The maximum Gasteiger partial charge on any atom is 0.327 e. The van der Waals surface area contributed by atoms with Crippen LogP contribution in [0.15, 0.2) is 24.3 Å². The first-order valence-electron chi connectivity index (χ1n) is 8.87. The number of nitrogens with one attached hydrogen (secondary N) is 2. The molecule has 2 rings (SSSR count). The standard InChI is InChI=1S/C19H25N3O5/c1-5-10-20-16(24)13(3)27-15(23)11-22-17(25)19(4,21-18(22)26)14-8-6-12(2)7-9-14/h6-9,13H,5,10-11H2,1-4H3,(H,20,24)(H,21,26)/t13-,19+/m0/s1. The third-order valence-corrected chi connectivity index (χ3v) is 4.42. The lowest BCUT2D eigenvalue weighted by Crippen LogP contribution is -2.42. The third kappa shape index (κ3) is 4.45. The van der Waals surface area contributed by atoms with Gasteiger partial charge in [-0.1, -0.05) is 36.8 Å². The molecule has 1 aliphatic rings. The van der Waals surface area contributed by atoms with Gasteiger partial charge in [0.2, 0.25) is 0 Å². The SMILES string of the molecule is CCCNC(=O)[C@H](C)OC(=O)CN1C(=O)N[C@](C)(c2ccc(C)cc2)C1=O. The minimum absolute atomic E-state index is 0.424. The molecule has 0 aliphatic carbocycles. The van der Waals surface area contributed by atoms with E-state index in [9.17, 15) is 19.2 Å². The van der Waals surface area contributed by atoms with E-state index >= 15 is 0 Å². The minimum Gasteiger partial charge on any atom is -0.451 e. The number of hydrogen-bond acceptors (Lipinski definition) is 5. The lowest BCUT2D eigenvalue weighted by Gasteiger charge is -2.22. The van der Waals surface area contributed by atoms with Crippen molar-refractivity contribution in [2.45, 2.75) is 45.8 Å². The Hall–Kier alpha value is -2.90. The Morgan fingerprint density at radius 3 is 2.48 bits per heavy atom. The summed E-state index contributed by atoms with van der Waals surface area (Å²) in [6.07, 6.45) is -0.250. The number of carbonyl (C=O) groups is 4. The van der Waals surface area contributed by atoms with Crippen LogP contribution in [-0.4, -0.2) is 47.9 Å². The zero-order valence-electron chi connectivity index (χ0n) is 16.0. The van der Waals surface area contributed by atoms with E-state index in [0.29, 0.717) is 12.1 Å². The fourth-order valence-corrected chi connectivity index (χ4v) is 2.73. The minimum atomic E-state index is -1.25. The van der Waals surface area contributed by atoms with Crippen LogP contribution < -0.4 is 10.6 Å². The van der Waals surface area contributed by atoms with Crippen molar-refractivity contribution in [3.8, 4) is 0 Å². The van der Waals surface area contributed by atoms with E-state index in [1.807, 2.05) is 26.0 Å². The first-order chi connectivity index (χ1) is 12.7. The highest BCUT2D eigenvalue weighted by Gasteiger charge is 2.49. The first-order valence-corrected chi connectivity index (χ1v) is 8.87. The number of amides is 4. The number of benzene rings is 1. The summed E-state index contributed by atoms with van der Waals surface area (Å²) in [7, 11) is 0. The van der Waals surface area contributed by atoms with Crippen molar-refractivity contribution in [1.82, 2.24) is 15.5 Å². The number of carbonyl (C=O) groups excluding carboxylic acids is 4. The maximum absolute atomic E-state index is 12.8. The van der Waals surface area contributed by atoms with Gasteiger partial charge in [0.25, 0.3) is 11.8 Å². The van der Waals surface area contributed by atoms with Crippen LogP contribution in [0.25, 0.3) is 0 Å². The second-order valence-corrected chi connectivity index (χ2v) is 6.74. The summed E-state index contributed by atoms with van der Waals surface area (Å²) in [5.74, 6) is -1.80. The summed E-state index contributed by atoms with van der Waals surface area (Å²) in [5.41, 5.74) is 0.388. The summed E-state index contributed by atoms with van der Waals surface area (Å²) >= 11 is 0. The molecule has 0 unspecified atom stereocenters. The largest absolute Gasteiger partial charge is 0.451 e. The van der Waals surface area contributed by atoms with Crippen molar-refractivity contribution in [2.75, 3.05) is 13.1 Å². The number of aryl methyl sites for hydroxylation is 1. The average molecular weight is 375 g/mol. The lowest BCUT2D eigenvalue weighted by atomic mass is 9.91. The summed E-state index contributed by atoms with van der Waals surface area (Å²) in [6.45, 7) is 6.76. The van der Waals surface area contributed by atoms with Crippen molar-refractivity contribution in [2.24, 2.45) is 0 Å². The number of hydrogen-bond donors (Lipinski definition) is 2. The number of rotatable bonds is 7. The van der Waals surface area contributed by atoms with Crippen LogP contribution in [0.5, 0.6) is 0 Å². The molecular formula is C19H25N3O5. The van der Waals surface area contributed by atoms with Crippen molar-refractivity contribution < 1.29 is 23.9 Å². The van der Waals surface area contributed by atoms with Gasteiger partial charge in [0.05, 0.1) is 0 Å². The van der Waals surface area contributed by atoms with Gasteiger partial charge in [0, 0.05) is 6.54 Å². The van der Waals surface area contributed by atoms with Gasteiger partial charge < -0.3 is 15.4 Å². The van der Waals surface area contributed by atoms with Crippen molar-refractivity contribution in [3.63, 3.8) is 0 Å². The molecule has 0 spiro atoms. The summed E-state index contributed by atoms with van der Waals surface area (Å²) < 4.78 is 5.03. The molecule has 1 heterocycles. The predicted octanol–water partition coefficient (Wildman–Crippen LogP) is 1.22. The topological polar surface area (TPSA) is 105 Å². The van der Waals surface area contributed by atoms with E-state index in [1.165, 1.54) is 6.92 Å². The first kappa shape index (κ1) is 20.4. The van der Waals surface area contributed by atoms with Crippen molar-refractivity contribution >= 4 is 23.8 Å². The van der Waals surface area contributed by atoms with E-state index in [2.05, 4.69) is 10.6 Å². The fraction of sp³-hybridized carbons (Fsp3) is 0.474. The Bertz CT molecular complexity index is 746. The molecule has 2 atom stereocenters. The molecule has 0 bridgehead atoms. The molecule has 0 aromatic heterocycles. The molecule has 27 heavy (non-hydrogen) atoms. The van der Waals surface area contributed by atoms with Crippen LogP contribution in [0.4, 0.5) is 4.79 Å². The summed E-state index contributed by atoms with van der Waals surface area (Å²) in [5, 5.41) is 5.24. The summed E-state index contributed by atoms with van der Waals surface area (Å²) in [6, 6.07) is 6.52. The molecule has 0 saturated carbocycles. The smallest absolute Gasteiger partial charge is 0.327 e. The molecule has 1 fully saturated rings. The molecule has 4 amide bonds. The van der Waals surface area contributed by atoms with Gasteiger partial charge in [-0.2, -0.15) is 0 Å². The van der Waals surface area contributed by atoms with Gasteiger partial charge in [0.1, 0.15) is 12.1 Å². The predicted molar refractivity (Wildman–Crippen MR) is 97.6 cm³/mol. The molecule has 8 heteroatoms. The molecule has 8 nitrogen and oxygen atoms in total. The molecule has 1 aromatic rings. The van der Waals surface area contributed by atoms with Gasteiger partial charge in [-0.3, -0.25) is 19.3 Å². The van der Waals surface area contributed by atoms with Gasteiger partial charge >= 0.3 is 12.0 Å². The molecule has 146 valence electrons. The zero-order valence-corrected chi connectivity index (χ0v) is 16.0. The number of ether oxygens (including phenoxy) is 1. The third-order valence-electron chi connectivity index (χ3n) is 4.42. The zero-order chi connectivity index (χ0) is 20.2. The molecule has 1 aromatic carbocycles. The van der Waals surface area contributed by atoms with Crippen LogP contribution in [0.3, 0.4) is 0 Å². The van der Waals surface area contributed by atoms with E-state index in [1.54, 1.807) is 19.1 Å². The number of urea groups is 1. The Kier molecular flexibility index (Phi) is 6.20. The molecule has 1 aliphatic heterocycles. The molecular weight excluding hydrogens is 350 g/mol. The number of esters is 1. The quantitative estimate of drug-likeness (QED) is 0.551. The van der Waals surface area contributed by atoms with E-state index < -0.39 is 42.0 Å². The number of imide groups is 1. The highest BCUT2D eigenvalue weighted by Crippen LogP contribution is 2.28. The van der Waals surface area contributed by atoms with E-state index in [0.717, 1.165) is 16.9 Å². The normalized spacial score (nSPS) is 20.2. The highest BCUT2D eigenvalue weighted by atomic mass is 16.5. The van der Waals surface area contributed by atoms with Gasteiger partial charge in [-0.05, 0) is 32.8 Å². The van der Waals surface area contributed by atoms with E-state index in [4.69, 9.17) is 4.74 Å². The van der Waals surface area contributed by atoms with Crippen LogP contribution in [0.1, 0.15) is 38.3 Å². The van der Waals surface area contributed by atoms with Crippen molar-refractivity contribution in [3.05, 3.63) is 35.4 Å². The Morgan fingerprint density at radius 1 is 1.26 bits per heavy atom. The second kappa shape index (κ2) is 8.20. The Balaban J connectivity index is 2.03. The van der Waals surface area contributed by atoms with Crippen LogP contribution >= 0.6 is 0 Å². The fourth-order valence-electron chi connectivity index (χ4n) is 2.73. The van der Waals surface area contributed by atoms with Crippen LogP contribution in [0.2, 0.25) is 0 Å². The molecule has 1 saturated heterocycles. The molecule has 0 radical (unpaired) electrons. The average Bonchev–Trinajstić information content (AvgIpc) is 2.84. The van der Waals surface area contributed by atoms with Crippen LogP contribution in [0, 0.1) is 6.92 Å². The van der Waals surface area contributed by atoms with Gasteiger partial charge in [-0.15, -0.1) is 0 Å². The molecule has 2 N–H and O–H groups in total. The summed E-state index contributed by atoms with van der Waals surface area (Å²) in [4.78, 5) is 49.7. The Labute approximate surface area is 158 Å². The van der Waals surface area contributed by atoms with Crippen LogP contribution in [-0.2, 0) is 24.7 Å². The second-order valence-electron chi connectivity index (χ2n) is 6.74. The highest BCUT2D eigenvalue weighted by molar-refractivity contribution is 6.08.